The number of aromatic nitrogens is 1. The lowest BCUT2D eigenvalue weighted by Gasteiger charge is -2.35. The second-order valence-corrected chi connectivity index (χ2v) is 5.44. The SMILES string of the molecule is CC(N)c1ccnc(N(CCO)C2CCCCC2)c1. The van der Waals surface area contributed by atoms with E-state index in [9.17, 15) is 5.11 Å². The molecule has 2 rings (SSSR count). The van der Waals surface area contributed by atoms with Gasteiger partial charge >= 0.3 is 0 Å². The fourth-order valence-electron chi connectivity index (χ4n) is 2.86. The van der Waals surface area contributed by atoms with Crippen molar-refractivity contribution in [1.29, 1.82) is 0 Å². The van der Waals surface area contributed by atoms with Crippen LogP contribution in [0.4, 0.5) is 5.82 Å². The van der Waals surface area contributed by atoms with Crippen LogP contribution in [0.5, 0.6) is 0 Å². The molecule has 1 unspecified atom stereocenters. The van der Waals surface area contributed by atoms with Crippen molar-refractivity contribution in [1.82, 2.24) is 4.98 Å². The number of hydrogen-bond donors (Lipinski definition) is 2. The van der Waals surface area contributed by atoms with Crippen LogP contribution < -0.4 is 10.6 Å². The summed E-state index contributed by atoms with van der Waals surface area (Å²) in [7, 11) is 0. The third kappa shape index (κ3) is 3.67. The van der Waals surface area contributed by atoms with Gasteiger partial charge in [0.25, 0.3) is 0 Å². The highest BCUT2D eigenvalue weighted by molar-refractivity contribution is 5.43. The molecule has 1 saturated carbocycles. The van der Waals surface area contributed by atoms with E-state index in [1.54, 1.807) is 0 Å². The summed E-state index contributed by atoms with van der Waals surface area (Å²) in [6.45, 7) is 2.80. The maximum absolute atomic E-state index is 9.31. The van der Waals surface area contributed by atoms with Crippen molar-refractivity contribution in [2.24, 2.45) is 5.73 Å². The summed E-state index contributed by atoms with van der Waals surface area (Å²) < 4.78 is 0. The van der Waals surface area contributed by atoms with E-state index in [0.717, 1.165) is 11.4 Å². The van der Waals surface area contributed by atoms with Crippen LogP contribution in [0.3, 0.4) is 0 Å². The second-order valence-electron chi connectivity index (χ2n) is 5.44. The fraction of sp³-hybridized carbons (Fsp3) is 0.667. The predicted octanol–water partition coefficient (Wildman–Crippen LogP) is 2.23. The number of aliphatic hydroxyl groups excluding tert-OH is 1. The summed E-state index contributed by atoms with van der Waals surface area (Å²) in [4.78, 5) is 6.73. The first kappa shape index (κ1) is 14.3. The largest absolute Gasteiger partial charge is 0.395 e. The first-order valence-electron chi connectivity index (χ1n) is 7.31. The van der Waals surface area contributed by atoms with Crippen LogP contribution in [-0.2, 0) is 0 Å². The van der Waals surface area contributed by atoms with Crippen LogP contribution in [0, 0.1) is 0 Å². The highest BCUT2D eigenvalue weighted by Gasteiger charge is 2.22. The Labute approximate surface area is 115 Å². The standard InChI is InChI=1S/C15H25N3O/c1-12(16)13-7-8-17-15(11-13)18(9-10-19)14-5-3-2-4-6-14/h7-8,11-12,14,19H,2-6,9-10,16H2,1H3. The van der Waals surface area contributed by atoms with Gasteiger partial charge in [0, 0.05) is 24.8 Å². The normalized spacial score (nSPS) is 18.3. The molecule has 4 nitrogen and oxygen atoms in total. The molecule has 1 aliphatic rings. The molecule has 0 bridgehead atoms. The molecule has 0 saturated heterocycles. The lowest BCUT2D eigenvalue weighted by atomic mass is 9.94. The quantitative estimate of drug-likeness (QED) is 0.855. The van der Waals surface area contributed by atoms with Crippen molar-refractivity contribution in [2.45, 2.75) is 51.1 Å². The monoisotopic (exact) mass is 263 g/mol. The van der Waals surface area contributed by atoms with Crippen molar-refractivity contribution < 1.29 is 5.11 Å². The minimum absolute atomic E-state index is 0.0177. The van der Waals surface area contributed by atoms with E-state index in [4.69, 9.17) is 5.73 Å². The summed E-state index contributed by atoms with van der Waals surface area (Å²) in [5, 5.41) is 9.31. The molecular formula is C15H25N3O. The van der Waals surface area contributed by atoms with Crippen molar-refractivity contribution in [2.75, 3.05) is 18.1 Å². The molecule has 1 aliphatic carbocycles. The molecule has 0 aliphatic heterocycles. The van der Waals surface area contributed by atoms with E-state index in [2.05, 4.69) is 16.0 Å². The van der Waals surface area contributed by atoms with E-state index in [1.807, 2.05) is 19.2 Å². The molecule has 4 heteroatoms. The first-order chi connectivity index (χ1) is 9.22. The Hall–Kier alpha value is -1.13. The minimum atomic E-state index is 0.0177. The molecule has 106 valence electrons. The van der Waals surface area contributed by atoms with Gasteiger partial charge in [-0.15, -0.1) is 0 Å². The van der Waals surface area contributed by atoms with Gasteiger partial charge < -0.3 is 15.7 Å². The van der Waals surface area contributed by atoms with Gasteiger partial charge in [-0.25, -0.2) is 4.98 Å². The number of hydrogen-bond acceptors (Lipinski definition) is 4. The molecule has 19 heavy (non-hydrogen) atoms. The summed E-state index contributed by atoms with van der Waals surface area (Å²) in [5.41, 5.74) is 7.04. The van der Waals surface area contributed by atoms with Crippen LogP contribution in [0.1, 0.15) is 50.6 Å². The fourth-order valence-corrected chi connectivity index (χ4v) is 2.86. The Kier molecular flexibility index (Phi) is 5.16. The van der Waals surface area contributed by atoms with Crippen LogP contribution >= 0.6 is 0 Å². The zero-order valence-corrected chi connectivity index (χ0v) is 11.8. The average Bonchev–Trinajstić information content (AvgIpc) is 2.46. The molecule has 1 atom stereocenters. The van der Waals surface area contributed by atoms with Gasteiger partial charge in [0.05, 0.1) is 6.61 Å². The lowest BCUT2D eigenvalue weighted by molar-refractivity contribution is 0.289. The van der Waals surface area contributed by atoms with Gasteiger partial charge in [-0.1, -0.05) is 19.3 Å². The highest BCUT2D eigenvalue weighted by Crippen LogP contribution is 2.27. The van der Waals surface area contributed by atoms with Crippen molar-refractivity contribution >= 4 is 5.82 Å². The number of anilines is 1. The first-order valence-corrected chi connectivity index (χ1v) is 7.31. The lowest BCUT2D eigenvalue weighted by Crippen LogP contribution is -2.39. The predicted molar refractivity (Wildman–Crippen MR) is 78.1 cm³/mol. The number of aliphatic hydroxyl groups is 1. The molecule has 1 fully saturated rings. The van der Waals surface area contributed by atoms with Crippen LogP contribution in [0.25, 0.3) is 0 Å². The van der Waals surface area contributed by atoms with E-state index >= 15 is 0 Å². The third-order valence-corrected chi connectivity index (χ3v) is 3.95. The Morgan fingerprint density at radius 1 is 1.42 bits per heavy atom. The van der Waals surface area contributed by atoms with Gasteiger partial charge in [0.1, 0.15) is 5.82 Å². The second kappa shape index (κ2) is 6.87. The molecular weight excluding hydrogens is 238 g/mol. The van der Waals surface area contributed by atoms with Crippen molar-refractivity contribution in [3.8, 4) is 0 Å². The smallest absolute Gasteiger partial charge is 0.129 e. The minimum Gasteiger partial charge on any atom is -0.395 e. The van der Waals surface area contributed by atoms with E-state index < -0.39 is 0 Å². The molecule has 0 aromatic carbocycles. The Morgan fingerprint density at radius 3 is 2.79 bits per heavy atom. The maximum atomic E-state index is 9.31. The topological polar surface area (TPSA) is 62.4 Å². The number of pyridine rings is 1. The summed E-state index contributed by atoms with van der Waals surface area (Å²) in [6.07, 6.45) is 8.10. The molecule has 1 aromatic heterocycles. The van der Waals surface area contributed by atoms with Gasteiger partial charge in [-0.05, 0) is 37.5 Å². The van der Waals surface area contributed by atoms with Gasteiger partial charge in [-0.2, -0.15) is 0 Å². The van der Waals surface area contributed by atoms with Crippen LogP contribution in [-0.4, -0.2) is 29.3 Å². The zero-order chi connectivity index (χ0) is 13.7. The molecule has 0 spiro atoms. The highest BCUT2D eigenvalue weighted by atomic mass is 16.3. The summed E-state index contributed by atoms with van der Waals surface area (Å²) in [6, 6.07) is 4.56. The molecule has 0 amide bonds. The summed E-state index contributed by atoms with van der Waals surface area (Å²) >= 11 is 0. The molecule has 3 N–H and O–H groups in total. The number of nitrogens with zero attached hydrogens (tertiary/aromatic N) is 2. The van der Waals surface area contributed by atoms with E-state index in [-0.39, 0.29) is 12.6 Å². The Morgan fingerprint density at radius 2 is 2.16 bits per heavy atom. The third-order valence-electron chi connectivity index (χ3n) is 3.95. The van der Waals surface area contributed by atoms with Gasteiger partial charge in [-0.3, -0.25) is 0 Å². The average molecular weight is 263 g/mol. The van der Waals surface area contributed by atoms with E-state index in [0.29, 0.717) is 12.6 Å². The molecule has 0 radical (unpaired) electrons. The molecule has 1 heterocycles. The number of rotatable bonds is 5. The Bertz CT molecular complexity index is 389. The van der Waals surface area contributed by atoms with E-state index in [1.165, 1.54) is 32.1 Å². The summed E-state index contributed by atoms with van der Waals surface area (Å²) in [5.74, 6) is 0.954. The zero-order valence-electron chi connectivity index (χ0n) is 11.8. The molecule has 1 aromatic rings. The van der Waals surface area contributed by atoms with Crippen LogP contribution in [0.2, 0.25) is 0 Å². The van der Waals surface area contributed by atoms with Gasteiger partial charge in [0.15, 0.2) is 0 Å². The van der Waals surface area contributed by atoms with Crippen molar-refractivity contribution in [3.63, 3.8) is 0 Å². The van der Waals surface area contributed by atoms with Gasteiger partial charge in [0.2, 0.25) is 0 Å². The number of nitrogens with two attached hydrogens (primary N) is 1. The Balaban J connectivity index is 2.19. The van der Waals surface area contributed by atoms with Crippen LogP contribution in [0.15, 0.2) is 18.3 Å². The maximum Gasteiger partial charge on any atom is 0.129 e. The van der Waals surface area contributed by atoms with Crippen molar-refractivity contribution in [3.05, 3.63) is 23.9 Å².